The summed E-state index contributed by atoms with van der Waals surface area (Å²) in [6, 6.07) is 17.6. The highest BCUT2D eigenvalue weighted by Crippen LogP contribution is 2.32. The zero-order valence-electron chi connectivity index (χ0n) is 11.3. The van der Waals surface area contributed by atoms with Gasteiger partial charge in [-0.1, -0.05) is 24.3 Å². The van der Waals surface area contributed by atoms with E-state index in [1.165, 1.54) is 0 Å². The quantitative estimate of drug-likeness (QED) is 0.776. The van der Waals surface area contributed by atoms with Crippen LogP contribution >= 0.6 is 0 Å². The van der Waals surface area contributed by atoms with Crippen LogP contribution in [-0.2, 0) is 0 Å². The van der Waals surface area contributed by atoms with Gasteiger partial charge in [0.15, 0.2) is 0 Å². The maximum atomic E-state index is 6.06. The molecule has 0 saturated carbocycles. The maximum absolute atomic E-state index is 6.06. The van der Waals surface area contributed by atoms with Crippen LogP contribution < -0.4 is 10.5 Å². The molecule has 0 unspecified atom stereocenters. The molecule has 2 N–H and O–H groups in total. The Morgan fingerprint density at radius 1 is 0.950 bits per heavy atom. The van der Waals surface area contributed by atoms with Gasteiger partial charge in [-0.05, 0) is 37.3 Å². The molecule has 1 atom stereocenters. The second kappa shape index (κ2) is 5.31. The summed E-state index contributed by atoms with van der Waals surface area (Å²) in [5.74, 6) is 1.59. The van der Waals surface area contributed by atoms with Gasteiger partial charge >= 0.3 is 0 Å². The summed E-state index contributed by atoms with van der Waals surface area (Å²) in [5.41, 5.74) is 7.90. The lowest BCUT2D eigenvalue weighted by molar-refractivity contribution is 0.477. The van der Waals surface area contributed by atoms with E-state index in [0.29, 0.717) is 0 Å². The van der Waals surface area contributed by atoms with E-state index in [4.69, 9.17) is 10.5 Å². The minimum absolute atomic E-state index is 0.0701. The molecular formula is C17H16N2O. The van der Waals surface area contributed by atoms with Gasteiger partial charge in [-0.25, -0.2) is 0 Å². The van der Waals surface area contributed by atoms with E-state index in [1.807, 2.05) is 61.5 Å². The van der Waals surface area contributed by atoms with Crippen molar-refractivity contribution in [3.63, 3.8) is 0 Å². The van der Waals surface area contributed by atoms with Crippen molar-refractivity contribution in [1.82, 2.24) is 4.98 Å². The topological polar surface area (TPSA) is 48.1 Å². The third kappa shape index (κ3) is 2.36. The Kier molecular flexibility index (Phi) is 3.35. The van der Waals surface area contributed by atoms with Gasteiger partial charge in [-0.2, -0.15) is 0 Å². The molecule has 0 fully saturated rings. The van der Waals surface area contributed by atoms with Crippen LogP contribution in [0.5, 0.6) is 11.5 Å². The highest BCUT2D eigenvalue weighted by atomic mass is 16.5. The second-order valence-corrected chi connectivity index (χ2v) is 4.75. The third-order valence-electron chi connectivity index (χ3n) is 3.24. The fourth-order valence-electron chi connectivity index (χ4n) is 2.23. The highest BCUT2D eigenvalue weighted by molar-refractivity contribution is 5.85. The standard InChI is InChI=1S/C17H16N2O/c1-12(18)13-6-2-3-9-16(13)20-17-10-4-8-15-14(17)7-5-11-19-15/h2-12H,18H2,1H3/t12-/m0/s1. The van der Waals surface area contributed by atoms with Gasteiger partial charge in [-0.15, -0.1) is 0 Å². The Bertz CT molecular complexity index is 732. The fourth-order valence-corrected chi connectivity index (χ4v) is 2.23. The number of rotatable bonds is 3. The normalized spacial score (nSPS) is 12.3. The van der Waals surface area contributed by atoms with Gasteiger partial charge in [0, 0.05) is 23.2 Å². The average molecular weight is 264 g/mol. The molecule has 3 heteroatoms. The highest BCUT2D eigenvalue weighted by Gasteiger charge is 2.09. The van der Waals surface area contributed by atoms with Crippen LogP contribution in [0.3, 0.4) is 0 Å². The van der Waals surface area contributed by atoms with Gasteiger partial charge in [0.1, 0.15) is 11.5 Å². The molecule has 0 radical (unpaired) electrons. The first-order chi connectivity index (χ1) is 9.75. The monoisotopic (exact) mass is 264 g/mol. The lowest BCUT2D eigenvalue weighted by Gasteiger charge is -2.14. The first-order valence-corrected chi connectivity index (χ1v) is 6.62. The molecule has 0 aliphatic carbocycles. The predicted molar refractivity (Wildman–Crippen MR) is 80.9 cm³/mol. The number of para-hydroxylation sites is 1. The zero-order chi connectivity index (χ0) is 13.9. The number of fused-ring (bicyclic) bond motifs is 1. The Hall–Kier alpha value is -2.39. The molecule has 0 saturated heterocycles. The second-order valence-electron chi connectivity index (χ2n) is 4.75. The van der Waals surface area contributed by atoms with Crippen molar-refractivity contribution in [2.75, 3.05) is 0 Å². The van der Waals surface area contributed by atoms with Crippen molar-refractivity contribution >= 4 is 10.9 Å². The van der Waals surface area contributed by atoms with E-state index in [9.17, 15) is 0 Å². The van der Waals surface area contributed by atoms with Crippen LogP contribution in [0.15, 0.2) is 60.8 Å². The molecule has 0 aliphatic rings. The van der Waals surface area contributed by atoms with Gasteiger partial charge < -0.3 is 10.5 Å². The SMILES string of the molecule is C[C@H](N)c1ccccc1Oc1cccc2ncccc12. The van der Waals surface area contributed by atoms with Crippen LogP contribution in [-0.4, -0.2) is 4.98 Å². The maximum Gasteiger partial charge on any atom is 0.136 e. The van der Waals surface area contributed by atoms with Crippen LogP contribution in [0.1, 0.15) is 18.5 Å². The van der Waals surface area contributed by atoms with E-state index in [2.05, 4.69) is 4.98 Å². The average Bonchev–Trinajstić information content (AvgIpc) is 2.48. The van der Waals surface area contributed by atoms with Crippen LogP contribution in [0.2, 0.25) is 0 Å². The van der Waals surface area contributed by atoms with Crippen molar-refractivity contribution in [1.29, 1.82) is 0 Å². The van der Waals surface area contributed by atoms with Gasteiger partial charge in [0.05, 0.1) is 5.52 Å². The number of hydrogen-bond donors (Lipinski definition) is 1. The smallest absolute Gasteiger partial charge is 0.136 e. The molecule has 1 heterocycles. The molecule has 100 valence electrons. The van der Waals surface area contributed by atoms with E-state index < -0.39 is 0 Å². The van der Waals surface area contributed by atoms with Crippen molar-refractivity contribution in [2.24, 2.45) is 5.73 Å². The number of benzene rings is 2. The molecular weight excluding hydrogens is 248 g/mol. The lowest BCUT2D eigenvalue weighted by atomic mass is 10.1. The zero-order valence-corrected chi connectivity index (χ0v) is 11.3. The largest absolute Gasteiger partial charge is 0.456 e. The molecule has 0 bridgehead atoms. The number of pyridine rings is 1. The lowest BCUT2D eigenvalue weighted by Crippen LogP contribution is -2.06. The summed E-state index contributed by atoms with van der Waals surface area (Å²) in [5, 5.41) is 0.995. The summed E-state index contributed by atoms with van der Waals surface area (Å²) in [4.78, 5) is 4.34. The summed E-state index contributed by atoms with van der Waals surface area (Å²) < 4.78 is 6.06. The van der Waals surface area contributed by atoms with Gasteiger partial charge in [-0.3, -0.25) is 4.98 Å². The number of aromatic nitrogens is 1. The Morgan fingerprint density at radius 2 is 1.75 bits per heavy atom. The third-order valence-corrected chi connectivity index (χ3v) is 3.24. The fraction of sp³-hybridized carbons (Fsp3) is 0.118. The molecule has 20 heavy (non-hydrogen) atoms. The molecule has 0 aliphatic heterocycles. The first-order valence-electron chi connectivity index (χ1n) is 6.62. The Balaban J connectivity index is 2.06. The predicted octanol–water partition coefficient (Wildman–Crippen LogP) is 4.05. The molecule has 3 aromatic rings. The molecule has 3 nitrogen and oxygen atoms in total. The molecule has 1 aromatic heterocycles. The number of nitrogens with zero attached hydrogens (tertiary/aromatic N) is 1. The number of hydrogen-bond acceptors (Lipinski definition) is 3. The summed E-state index contributed by atoms with van der Waals surface area (Å²) in [6.07, 6.45) is 1.78. The summed E-state index contributed by atoms with van der Waals surface area (Å²) >= 11 is 0. The first kappa shape index (κ1) is 12.6. The molecule has 2 aromatic carbocycles. The van der Waals surface area contributed by atoms with E-state index in [0.717, 1.165) is 28.0 Å². The van der Waals surface area contributed by atoms with Crippen LogP contribution in [0.25, 0.3) is 10.9 Å². The van der Waals surface area contributed by atoms with Gasteiger partial charge in [0.2, 0.25) is 0 Å². The molecule has 0 amide bonds. The minimum atomic E-state index is -0.0701. The van der Waals surface area contributed by atoms with Crippen LogP contribution in [0, 0.1) is 0 Å². The minimum Gasteiger partial charge on any atom is -0.456 e. The van der Waals surface area contributed by atoms with Crippen LogP contribution in [0.4, 0.5) is 0 Å². The van der Waals surface area contributed by atoms with Crippen molar-refractivity contribution in [3.8, 4) is 11.5 Å². The molecule has 3 rings (SSSR count). The van der Waals surface area contributed by atoms with E-state index in [-0.39, 0.29) is 6.04 Å². The number of ether oxygens (including phenoxy) is 1. The van der Waals surface area contributed by atoms with Crippen molar-refractivity contribution in [3.05, 3.63) is 66.4 Å². The van der Waals surface area contributed by atoms with Crippen molar-refractivity contribution in [2.45, 2.75) is 13.0 Å². The van der Waals surface area contributed by atoms with E-state index >= 15 is 0 Å². The molecule has 0 spiro atoms. The number of nitrogens with two attached hydrogens (primary N) is 1. The van der Waals surface area contributed by atoms with Gasteiger partial charge in [0.25, 0.3) is 0 Å². The Labute approximate surface area is 118 Å². The summed E-state index contributed by atoms with van der Waals surface area (Å²) in [6.45, 7) is 1.95. The summed E-state index contributed by atoms with van der Waals surface area (Å²) in [7, 11) is 0. The Morgan fingerprint density at radius 3 is 2.60 bits per heavy atom. The van der Waals surface area contributed by atoms with Crippen molar-refractivity contribution < 1.29 is 4.74 Å². The van der Waals surface area contributed by atoms with E-state index in [1.54, 1.807) is 6.20 Å².